The fraction of sp³-hybridized carbons (Fsp3) is 0.0833. The molecule has 0 atom stereocenters. The maximum absolute atomic E-state index is 11.8. The van der Waals surface area contributed by atoms with E-state index in [1.807, 2.05) is 6.07 Å². The minimum atomic E-state index is -0.0967. The molecule has 1 heterocycles. The van der Waals surface area contributed by atoms with E-state index in [0.29, 0.717) is 15.2 Å². The monoisotopic (exact) mass is 463 g/mol. The summed E-state index contributed by atoms with van der Waals surface area (Å²) in [7, 11) is 1.71. The second-order valence-electron chi connectivity index (χ2n) is 3.47. The van der Waals surface area contributed by atoms with Crippen molar-refractivity contribution in [1.82, 2.24) is 4.57 Å². The molecule has 0 fully saturated rings. The zero-order chi connectivity index (χ0) is 12.6. The Morgan fingerprint density at radius 1 is 1.28 bits per heavy atom. The molecule has 0 aliphatic heterocycles. The smallest absolute Gasteiger partial charge is 0.208 e. The molecule has 1 aromatic heterocycles. The van der Waals surface area contributed by atoms with Crippen LogP contribution in [0.3, 0.4) is 0 Å². The first-order valence-corrected chi connectivity index (χ1v) is 6.69. The summed E-state index contributed by atoms with van der Waals surface area (Å²) in [5, 5.41) is 0.641. The minimum absolute atomic E-state index is 0. The van der Waals surface area contributed by atoms with Crippen molar-refractivity contribution in [3.63, 3.8) is 0 Å². The number of hydrogen-bond donors (Lipinski definition) is 0. The average Bonchev–Trinajstić information content (AvgIpc) is 2.28. The predicted octanol–water partition coefficient (Wildman–Crippen LogP) is 4.03. The summed E-state index contributed by atoms with van der Waals surface area (Å²) in [6, 6.07) is 10.1. The van der Waals surface area contributed by atoms with E-state index in [2.05, 4.69) is 37.9 Å². The number of benzene rings is 1. The van der Waals surface area contributed by atoms with Gasteiger partial charge in [0.05, 0.1) is 0 Å². The van der Waals surface area contributed by atoms with E-state index < -0.39 is 0 Å². The summed E-state index contributed by atoms with van der Waals surface area (Å²) in [5.41, 5.74) is 1.49. The van der Waals surface area contributed by atoms with Crippen molar-refractivity contribution in [2.45, 2.75) is 0 Å². The van der Waals surface area contributed by atoms with Crippen molar-refractivity contribution in [2.24, 2.45) is 7.05 Å². The number of nitrogens with zero attached hydrogens (tertiary/aromatic N) is 1. The first-order chi connectivity index (χ1) is 8.00. The molecule has 0 unspecified atom stereocenters. The summed E-state index contributed by atoms with van der Waals surface area (Å²) in [6.07, 6.45) is 0. The van der Waals surface area contributed by atoms with Crippen molar-refractivity contribution < 1.29 is 32.7 Å². The fourth-order valence-electron chi connectivity index (χ4n) is 1.49. The van der Waals surface area contributed by atoms with Crippen LogP contribution in [0, 0.1) is 6.07 Å². The molecule has 2 nitrogen and oxygen atoms in total. The second-order valence-corrected chi connectivity index (χ2v) is 5.62. The Labute approximate surface area is 152 Å². The Morgan fingerprint density at radius 2 is 1.94 bits per heavy atom. The van der Waals surface area contributed by atoms with Crippen molar-refractivity contribution in [3.05, 3.63) is 54.7 Å². The van der Waals surface area contributed by atoms with Gasteiger partial charge in [-0.3, -0.25) is 4.79 Å². The van der Waals surface area contributed by atoms with Crippen LogP contribution in [0.25, 0.3) is 11.3 Å². The topological polar surface area (TPSA) is 22.0 Å². The van der Waals surface area contributed by atoms with E-state index in [-0.39, 0.29) is 38.3 Å². The third-order valence-corrected chi connectivity index (χ3v) is 3.83. The average molecular weight is 465 g/mol. The fourth-order valence-corrected chi connectivity index (χ4v) is 2.74. The van der Waals surface area contributed by atoms with Crippen LogP contribution in [0.4, 0.5) is 0 Å². The van der Waals surface area contributed by atoms with Gasteiger partial charge in [-0.05, 0) is 15.0 Å². The van der Waals surface area contributed by atoms with Gasteiger partial charge in [-0.25, -0.2) is 0 Å². The molecule has 2 aromatic rings. The molecule has 0 spiro atoms. The zero-order valence-corrected chi connectivity index (χ0v) is 16.1. The third-order valence-electron chi connectivity index (χ3n) is 2.37. The van der Waals surface area contributed by atoms with E-state index in [4.69, 9.17) is 11.6 Å². The number of rotatable bonds is 1. The van der Waals surface area contributed by atoms with E-state index in [0.717, 1.165) is 10.0 Å². The van der Waals surface area contributed by atoms with Crippen molar-refractivity contribution in [3.8, 4) is 11.3 Å². The van der Waals surface area contributed by atoms with Crippen LogP contribution in [0.1, 0.15) is 0 Å². The van der Waals surface area contributed by atoms with Gasteiger partial charge in [0.25, 0.3) is 0 Å². The Morgan fingerprint density at radius 3 is 2.56 bits per heavy atom. The normalized spacial score (nSPS) is 10.0. The maximum atomic E-state index is 11.8. The Hall–Kier alpha value is 0.524. The van der Waals surface area contributed by atoms with Crippen LogP contribution < -0.4 is 5.56 Å². The molecule has 0 aliphatic carbocycles. The summed E-state index contributed by atoms with van der Waals surface area (Å²) < 4.78 is 2.87. The first kappa shape index (κ1) is 16.6. The van der Waals surface area contributed by atoms with Crippen LogP contribution in [0.5, 0.6) is 0 Å². The van der Waals surface area contributed by atoms with Crippen LogP contribution in [0.15, 0.2) is 38.0 Å². The Balaban J connectivity index is 0.00000162. The predicted molar refractivity (Wildman–Crippen MR) is 76.4 cm³/mol. The summed E-state index contributed by atoms with van der Waals surface area (Å²) in [5.74, 6) is 0. The third kappa shape index (κ3) is 3.34. The van der Waals surface area contributed by atoms with E-state index >= 15 is 0 Å². The van der Waals surface area contributed by atoms with Gasteiger partial charge in [-0.1, -0.05) is 44.9 Å². The molecule has 0 amide bonds. The first-order valence-electron chi connectivity index (χ1n) is 4.73. The summed E-state index contributed by atoms with van der Waals surface area (Å²) in [4.78, 5) is 11.8. The zero-order valence-electron chi connectivity index (χ0n) is 9.38. The quantitative estimate of drug-likeness (QED) is 0.584. The van der Waals surface area contributed by atoms with E-state index in [9.17, 15) is 4.79 Å². The Bertz CT molecular complexity index is 642. The second kappa shape index (κ2) is 6.80. The van der Waals surface area contributed by atoms with Crippen LogP contribution in [-0.2, 0) is 39.8 Å². The molecule has 1 aromatic carbocycles. The molecule has 1 radical (unpaired) electrons. The number of pyridine rings is 1. The number of hydrogen-bond acceptors (Lipinski definition) is 1. The van der Waals surface area contributed by atoms with Crippen molar-refractivity contribution >= 4 is 43.5 Å². The SMILES string of the molecule is Cn1c(-c2ccc(Cl)cc2Br)[c-]cc(Br)c1=O.[Y]. The molecule has 6 heteroatoms. The van der Waals surface area contributed by atoms with E-state index in [1.54, 1.807) is 25.2 Å². The molecular formula is C12H7Br2ClNOY-. The van der Waals surface area contributed by atoms with E-state index in [1.165, 1.54) is 4.57 Å². The van der Waals surface area contributed by atoms with Gasteiger partial charge in [-0.2, -0.15) is 12.1 Å². The molecular weight excluding hydrogens is 458 g/mol. The van der Waals surface area contributed by atoms with Gasteiger partial charge in [0.15, 0.2) is 0 Å². The van der Waals surface area contributed by atoms with Crippen LogP contribution in [0.2, 0.25) is 5.02 Å². The Kier molecular flexibility index (Phi) is 6.26. The molecule has 0 N–H and O–H groups in total. The maximum Gasteiger partial charge on any atom is 0.208 e. The van der Waals surface area contributed by atoms with Crippen molar-refractivity contribution in [2.75, 3.05) is 0 Å². The molecule has 2 rings (SSSR count). The minimum Gasteiger partial charge on any atom is -0.344 e. The molecule has 91 valence electrons. The summed E-state index contributed by atoms with van der Waals surface area (Å²) in [6.45, 7) is 0. The van der Waals surface area contributed by atoms with Crippen LogP contribution in [-0.4, -0.2) is 4.57 Å². The molecule has 0 bridgehead atoms. The van der Waals surface area contributed by atoms with Gasteiger partial charge in [0.2, 0.25) is 5.56 Å². The molecule has 0 aliphatic rings. The standard InChI is InChI=1S/C12H7Br2ClNO.Y/c1-16-11(5-4-9(13)12(16)17)8-3-2-7(15)6-10(8)14;/h2-4,6H,1H3;/q-1;. The van der Waals surface area contributed by atoms with Crippen LogP contribution >= 0.6 is 43.5 Å². The molecule has 18 heavy (non-hydrogen) atoms. The largest absolute Gasteiger partial charge is 0.344 e. The van der Waals surface area contributed by atoms with Gasteiger partial charge in [0, 0.05) is 44.8 Å². The van der Waals surface area contributed by atoms with Gasteiger partial charge >= 0.3 is 0 Å². The number of halogens is 3. The van der Waals surface area contributed by atoms with Crippen molar-refractivity contribution in [1.29, 1.82) is 0 Å². The van der Waals surface area contributed by atoms with Gasteiger partial charge in [0.1, 0.15) is 0 Å². The summed E-state index contributed by atoms with van der Waals surface area (Å²) >= 11 is 12.5. The molecule has 0 saturated carbocycles. The number of aromatic nitrogens is 1. The van der Waals surface area contributed by atoms with Gasteiger partial charge in [-0.15, -0.1) is 22.0 Å². The van der Waals surface area contributed by atoms with Gasteiger partial charge < -0.3 is 4.57 Å². The molecule has 0 saturated heterocycles.